The summed E-state index contributed by atoms with van der Waals surface area (Å²) < 4.78 is 10.6. The van der Waals surface area contributed by atoms with Gasteiger partial charge in [0.25, 0.3) is 0 Å². The first-order valence-corrected chi connectivity index (χ1v) is 7.83. The van der Waals surface area contributed by atoms with Crippen molar-refractivity contribution in [2.24, 2.45) is 0 Å². The average molecular weight is 345 g/mol. The standard InChI is InChI=1S/C16H15N3O4S/c1-8-12-14(17-7-18-15(12)24-13(8)16(20)21)19-10-5-4-9(22-2)6-11(10)23-3/h4-7H,1-3H3,(H,20,21)(H,17,18,19). The molecule has 0 saturated carbocycles. The number of benzene rings is 1. The summed E-state index contributed by atoms with van der Waals surface area (Å²) in [5, 5.41) is 13.2. The minimum Gasteiger partial charge on any atom is -0.497 e. The number of aromatic nitrogens is 2. The lowest BCUT2D eigenvalue weighted by atomic mass is 10.2. The van der Waals surface area contributed by atoms with E-state index in [1.54, 1.807) is 33.3 Å². The van der Waals surface area contributed by atoms with Gasteiger partial charge in [0, 0.05) is 6.07 Å². The van der Waals surface area contributed by atoms with Crippen LogP contribution in [0.4, 0.5) is 11.5 Å². The second kappa shape index (κ2) is 6.32. The van der Waals surface area contributed by atoms with E-state index in [2.05, 4.69) is 15.3 Å². The topological polar surface area (TPSA) is 93.6 Å². The summed E-state index contributed by atoms with van der Waals surface area (Å²) in [6.45, 7) is 1.75. The minimum atomic E-state index is -0.969. The lowest BCUT2D eigenvalue weighted by molar-refractivity contribution is 0.0701. The Morgan fingerprint density at radius 2 is 2.04 bits per heavy atom. The predicted molar refractivity (Wildman–Crippen MR) is 91.9 cm³/mol. The number of aromatic carboxylic acids is 1. The Morgan fingerprint density at radius 1 is 1.25 bits per heavy atom. The highest BCUT2D eigenvalue weighted by Crippen LogP contribution is 2.37. The molecule has 0 atom stereocenters. The molecule has 3 aromatic rings. The zero-order valence-corrected chi connectivity index (χ0v) is 14.1. The Morgan fingerprint density at radius 3 is 2.71 bits per heavy atom. The molecule has 8 heteroatoms. The van der Waals surface area contributed by atoms with E-state index in [0.29, 0.717) is 38.8 Å². The van der Waals surface area contributed by atoms with E-state index < -0.39 is 5.97 Å². The highest BCUT2D eigenvalue weighted by molar-refractivity contribution is 7.20. The number of nitrogens with one attached hydrogen (secondary N) is 1. The van der Waals surface area contributed by atoms with Gasteiger partial charge < -0.3 is 19.9 Å². The first kappa shape index (κ1) is 16.0. The van der Waals surface area contributed by atoms with Crippen LogP contribution in [0.15, 0.2) is 24.5 Å². The van der Waals surface area contributed by atoms with Gasteiger partial charge in [-0.3, -0.25) is 0 Å². The van der Waals surface area contributed by atoms with Gasteiger partial charge >= 0.3 is 5.97 Å². The van der Waals surface area contributed by atoms with Crippen LogP contribution in [0.5, 0.6) is 11.5 Å². The molecule has 2 heterocycles. The van der Waals surface area contributed by atoms with E-state index >= 15 is 0 Å². The molecule has 0 unspecified atom stereocenters. The van der Waals surface area contributed by atoms with Gasteiger partial charge in [0.15, 0.2) is 0 Å². The Labute approximate surface area is 141 Å². The number of aryl methyl sites for hydroxylation is 1. The van der Waals surface area contributed by atoms with Gasteiger partial charge in [0.1, 0.15) is 33.4 Å². The molecule has 0 amide bonds. The summed E-state index contributed by atoms with van der Waals surface area (Å²) in [7, 11) is 3.14. The van der Waals surface area contributed by atoms with Crippen LogP contribution in [0.25, 0.3) is 10.2 Å². The fourth-order valence-electron chi connectivity index (χ4n) is 2.40. The van der Waals surface area contributed by atoms with Gasteiger partial charge in [-0.25, -0.2) is 14.8 Å². The fraction of sp³-hybridized carbons (Fsp3) is 0.188. The molecule has 0 radical (unpaired) electrons. The van der Waals surface area contributed by atoms with Crippen LogP contribution in [0, 0.1) is 6.92 Å². The van der Waals surface area contributed by atoms with Crippen LogP contribution in [0.3, 0.4) is 0 Å². The second-order valence-corrected chi connectivity index (χ2v) is 5.95. The number of thiophene rings is 1. The summed E-state index contributed by atoms with van der Waals surface area (Å²) in [4.78, 5) is 20.6. The van der Waals surface area contributed by atoms with Crippen LogP contribution in [0.1, 0.15) is 15.2 Å². The highest BCUT2D eigenvalue weighted by atomic mass is 32.1. The number of fused-ring (bicyclic) bond motifs is 1. The van der Waals surface area contributed by atoms with Crippen molar-refractivity contribution in [3.05, 3.63) is 35.0 Å². The van der Waals surface area contributed by atoms with Crippen LogP contribution in [0.2, 0.25) is 0 Å². The molecule has 0 aliphatic carbocycles. The SMILES string of the molecule is COc1ccc(Nc2ncnc3sc(C(=O)O)c(C)c23)c(OC)c1. The zero-order chi connectivity index (χ0) is 17.3. The number of carboxylic acids is 1. The maximum Gasteiger partial charge on any atom is 0.346 e. The number of ether oxygens (including phenoxy) is 2. The van der Waals surface area contributed by atoms with Crippen LogP contribution >= 0.6 is 11.3 Å². The van der Waals surface area contributed by atoms with Crippen LogP contribution < -0.4 is 14.8 Å². The third kappa shape index (κ3) is 2.71. The smallest absolute Gasteiger partial charge is 0.346 e. The molecule has 0 saturated heterocycles. The quantitative estimate of drug-likeness (QED) is 0.731. The molecule has 3 rings (SSSR count). The maximum atomic E-state index is 11.3. The number of rotatable bonds is 5. The number of anilines is 2. The lowest BCUT2D eigenvalue weighted by Gasteiger charge is -2.12. The number of hydrogen-bond donors (Lipinski definition) is 2. The van der Waals surface area contributed by atoms with Crippen molar-refractivity contribution in [3.8, 4) is 11.5 Å². The van der Waals surface area contributed by atoms with E-state index in [9.17, 15) is 9.90 Å². The normalized spacial score (nSPS) is 10.6. The van der Waals surface area contributed by atoms with Gasteiger partial charge in [-0.1, -0.05) is 0 Å². The highest BCUT2D eigenvalue weighted by Gasteiger charge is 2.19. The minimum absolute atomic E-state index is 0.259. The Hall–Kier alpha value is -2.87. The van der Waals surface area contributed by atoms with Crippen molar-refractivity contribution in [2.75, 3.05) is 19.5 Å². The van der Waals surface area contributed by atoms with Gasteiger partial charge in [-0.05, 0) is 24.6 Å². The number of carbonyl (C=O) groups is 1. The van der Waals surface area contributed by atoms with E-state index in [1.165, 1.54) is 6.33 Å². The summed E-state index contributed by atoms with van der Waals surface area (Å²) in [5.74, 6) is 0.825. The molecule has 2 N–H and O–H groups in total. The molecule has 7 nitrogen and oxygen atoms in total. The first-order valence-electron chi connectivity index (χ1n) is 7.01. The first-order chi connectivity index (χ1) is 11.5. The number of nitrogens with zero attached hydrogens (tertiary/aromatic N) is 2. The van der Waals surface area contributed by atoms with Gasteiger partial charge in [0.05, 0.1) is 25.3 Å². The zero-order valence-electron chi connectivity index (χ0n) is 13.3. The summed E-state index contributed by atoms with van der Waals surface area (Å²) in [6, 6.07) is 5.36. The maximum absolute atomic E-state index is 11.3. The van der Waals surface area contributed by atoms with Crippen LogP contribution in [-0.2, 0) is 0 Å². The second-order valence-electron chi connectivity index (χ2n) is 4.95. The van der Waals surface area contributed by atoms with E-state index in [0.717, 1.165) is 11.3 Å². The van der Waals surface area contributed by atoms with Crippen molar-refractivity contribution < 1.29 is 19.4 Å². The molecule has 0 spiro atoms. The van der Waals surface area contributed by atoms with E-state index in [1.807, 2.05) is 6.07 Å². The monoisotopic (exact) mass is 345 g/mol. The van der Waals surface area contributed by atoms with Crippen molar-refractivity contribution >= 4 is 39.0 Å². The lowest BCUT2D eigenvalue weighted by Crippen LogP contribution is -1.99. The third-order valence-electron chi connectivity index (χ3n) is 3.58. The van der Waals surface area contributed by atoms with Gasteiger partial charge in [0.2, 0.25) is 0 Å². The summed E-state index contributed by atoms with van der Waals surface area (Å²) >= 11 is 1.13. The van der Waals surface area contributed by atoms with E-state index in [4.69, 9.17) is 9.47 Å². The molecule has 2 aromatic heterocycles. The number of hydrogen-bond acceptors (Lipinski definition) is 7. The molecule has 24 heavy (non-hydrogen) atoms. The van der Waals surface area contributed by atoms with E-state index in [-0.39, 0.29) is 4.88 Å². The van der Waals surface area contributed by atoms with Gasteiger partial charge in [-0.2, -0.15) is 0 Å². The molecule has 0 aliphatic rings. The third-order valence-corrected chi connectivity index (χ3v) is 4.77. The van der Waals surface area contributed by atoms with Crippen molar-refractivity contribution in [1.29, 1.82) is 0 Å². The molecule has 124 valence electrons. The summed E-state index contributed by atoms with van der Waals surface area (Å²) in [5.41, 5.74) is 1.33. The predicted octanol–water partition coefficient (Wildman–Crippen LogP) is 3.46. The molecule has 0 aliphatic heterocycles. The van der Waals surface area contributed by atoms with Crippen molar-refractivity contribution in [1.82, 2.24) is 9.97 Å². The average Bonchev–Trinajstić information content (AvgIpc) is 2.93. The Balaban J connectivity index is 2.09. The van der Waals surface area contributed by atoms with Crippen molar-refractivity contribution in [2.45, 2.75) is 6.92 Å². The summed E-state index contributed by atoms with van der Waals surface area (Å²) in [6.07, 6.45) is 1.40. The largest absolute Gasteiger partial charge is 0.497 e. The van der Waals surface area contributed by atoms with Gasteiger partial charge in [-0.15, -0.1) is 11.3 Å². The molecular weight excluding hydrogens is 330 g/mol. The van der Waals surface area contributed by atoms with Crippen molar-refractivity contribution in [3.63, 3.8) is 0 Å². The molecule has 0 bridgehead atoms. The Kier molecular flexibility index (Phi) is 4.22. The molecule has 0 fully saturated rings. The molecular formula is C16H15N3O4S. The molecule has 1 aromatic carbocycles. The number of methoxy groups -OCH3 is 2. The fourth-order valence-corrected chi connectivity index (χ4v) is 3.39. The number of carboxylic acid groups (broad SMARTS) is 1. The van der Waals surface area contributed by atoms with Crippen LogP contribution in [-0.4, -0.2) is 35.3 Å². The Bertz CT molecular complexity index is 923.